The number of rotatable bonds is 5. The first-order valence-electron chi connectivity index (χ1n) is 5.02. The van der Waals surface area contributed by atoms with E-state index in [1.807, 2.05) is 0 Å². The van der Waals surface area contributed by atoms with E-state index in [9.17, 15) is 0 Å². The highest BCUT2D eigenvalue weighted by Crippen LogP contribution is 2.17. The van der Waals surface area contributed by atoms with Gasteiger partial charge in [-0.1, -0.05) is 34.6 Å². The minimum Gasteiger partial charge on any atom is -0.309 e. The van der Waals surface area contributed by atoms with Gasteiger partial charge < -0.3 is 5.41 Å². The van der Waals surface area contributed by atoms with E-state index in [4.69, 9.17) is 5.41 Å². The Hall–Kier alpha value is -0.330. The molecule has 0 bridgehead atoms. The molecule has 1 nitrogen and oxygen atoms in total. The van der Waals surface area contributed by atoms with Crippen molar-refractivity contribution in [3.8, 4) is 0 Å². The average Bonchev–Trinajstić information content (AvgIpc) is 1.98. The molecule has 0 rings (SSSR count). The Labute approximate surface area is 77.1 Å². The van der Waals surface area contributed by atoms with Crippen LogP contribution in [0.4, 0.5) is 0 Å². The number of hydrogen-bond donors (Lipinski definition) is 1. The van der Waals surface area contributed by atoms with Gasteiger partial charge in [0.1, 0.15) is 0 Å². The van der Waals surface area contributed by atoms with E-state index in [1.165, 1.54) is 6.42 Å². The van der Waals surface area contributed by atoms with Crippen LogP contribution in [0.2, 0.25) is 0 Å². The van der Waals surface area contributed by atoms with Gasteiger partial charge in [0.25, 0.3) is 0 Å². The molecular weight excluding hydrogens is 146 g/mol. The van der Waals surface area contributed by atoms with Gasteiger partial charge in [0.2, 0.25) is 0 Å². The van der Waals surface area contributed by atoms with Crippen molar-refractivity contribution >= 4 is 5.71 Å². The van der Waals surface area contributed by atoms with Crippen LogP contribution in [0.5, 0.6) is 0 Å². The Morgan fingerprint density at radius 3 is 1.92 bits per heavy atom. The monoisotopic (exact) mass is 169 g/mol. The summed E-state index contributed by atoms with van der Waals surface area (Å²) in [4.78, 5) is 0. The number of hydrogen-bond acceptors (Lipinski definition) is 1. The van der Waals surface area contributed by atoms with Crippen LogP contribution in [-0.4, -0.2) is 5.71 Å². The molecule has 1 heteroatoms. The molecule has 0 aromatic heterocycles. The zero-order valence-corrected chi connectivity index (χ0v) is 9.15. The van der Waals surface area contributed by atoms with E-state index < -0.39 is 0 Å². The molecule has 0 unspecified atom stereocenters. The molecule has 0 saturated carbocycles. The van der Waals surface area contributed by atoms with Gasteiger partial charge in [-0.3, -0.25) is 0 Å². The van der Waals surface area contributed by atoms with E-state index in [-0.39, 0.29) is 0 Å². The second-order valence-electron chi connectivity index (χ2n) is 4.44. The summed E-state index contributed by atoms with van der Waals surface area (Å²) in [5.74, 6) is 1.94. The maximum atomic E-state index is 7.68. The van der Waals surface area contributed by atoms with E-state index >= 15 is 0 Å². The fraction of sp³-hybridized carbons (Fsp3) is 0.909. The number of nitrogens with one attached hydrogen (secondary N) is 1. The molecule has 0 heterocycles. The summed E-state index contributed by atoms with van der Waals surface area (Å²) in [7, 11) is 0. The molecule has 0 aliphatic rings. The van der Waals surface area contributed by atoms with Gasteiger partial charge in [-0.25, -0.2) is 0 Å². The molecule has 1 N–H and O–H groups in total. The molecule has 0 aliphatic carbocycles. The van der Waals surface area contributed by atoms with Crippen molar-refractivity contribution in [2.75, 3.05) is 0 Å². The van der Waals surface area contributed by atoms with Gasteiger partial charge in [0, 0.05) is 5.71 Å². The van der Waals surface area contributed by atoms with E-state index in [1.54, 1.807) is 0 Å². The summed E-state index contributed by atoms with van der Waals surface area (Å²) in [6, 6.07) is 0. The summed E-state index contributed by atoms with van der Waals surface area (Å²) in [6.45, 7) is 11.0. The highest BCUT2D eigenvalue weighted by atomic mass is 14.4. The second-order valence-corrected chi connectivity index (χ2v) is 4.44. The first-order chi connectivity index (χ1) is 5.45. The van der Waals surface area contributed by atoms with Gasteiger partial charge in [0.05, 0.1) is 0 Å². The highest BCUT2D eigenvalue weighted by molar-refractivity contribution is 5.83. The molecule has 0 radical (unpaired) electrons. The van der Waals surface area contributed by atoms with Crippen molar-refractivity contribution < 1.29 is 0 Å². The van der Waals surface area contributed by atoms with Gasteiger partial charge in [-0.2, -0.15) is 0 Å². The molecule has 0 aliphatic heterocycles. The summed E-state index contributed by atoms with van der Waals surface area (Å²) in [6.07, 6.45) is 2.16. The molecule has 0 saturated heterocycles. The van der Waals surface area contributed by atoms with Gasteiger partial charge in [-0.05, 0) is 30.6 Å². The van der Waals surface area contributed by atoms with E-state index in [2.05, 4.69) is 34.6 Å². The summed E-state index contributed by atoms with van der Waals surface area (Å²) < 4.78 is 0. The molecule has 12 heavy (non-hydrogen) atoms. The minimum absolute atomic E-state index is 0.435. The third-order valence-electron chi connectivity index (χ3n) is 2.70. The van der Waals surface area contributed by atoms with Crippen LogP contribution in [0.25, 0.3) is 0 Å². The Balaban J connectivity index is 3.61. The third kappa shape index (κ3) is 4.53. The van der Waals surface area contributed by atoms with Crippen molar-refractivity contribution in [1.29, 1.82) is 5.41 Å². The third-order valence-corrected chi connectivity index (χ3v) is 2.70. The van der Waals surface area contributed by atoms with Gasteiger partial charge >= 0.3 is 0 Å². The normalized spacial score (nSPS) is 13.9. The maximum absolute atomic E-state index is 7.68. The van der Waals surface area contributed by atoms with E-state index in [0.717, 1.165) is 24.0 Å². The van der Waals surface area contributed by atoms with Gasteiger partial charge in [0.15, 0.2) is 0 Å². The van der Waals surface area contributed by atoms with Crippen LogP contribution in [0.1, 0.15) is 47.5 Å². The van der Waals surface area contributed by atoms with E-state index in [0.29, 0.717) is 5.92 Å². The van der Waals surface area contributed by atoms with Crippen molar-refractivity contribution in [3.63, 3.8) is 0 Å². The molecular formula is C11H23N. The van der Waals surface area contributed by atoms with Crippen LogP contribution in [0.3, 0.4) is 0 Å². The minimum atomic E-state index is 0.435. The predicted molar refractivity (Wildman–Crippen MR) is 55.8 cm³/mol. The van der Waals surface area contributed by atoms with Crippen LogP contribution >= 0.6 is 0 Å². The summed E-state index contributed by atoms with van der Waals surface area (Å²) in [5.41, 5.74) is 0.905. The standard InChI is InChI=1S/C11H23N/c1-8(2)10(5)6-7-11(12)9(3)4/h8-10,12H,6-7H2,1-5H3/t10-/m1/s1. The Bertz CT molecular complexity index is 136. The lowest BCUT2D eigenvalue weighted by atomic mass is 9.90. The molecule has 0 aromatic carbocycles. The molecule has 72 valence electrons. The first kappa shape index (κ1) is 11.7. The second kappa shape index (κ2) is 5.34. The quantitative estimate of drug-likeness (QED) is 0.606. The molecule has 0 fully saturated rings. The first-order valence-corrected chi connectivity index (χ1v) is 5.02. The highest BCUT2D eigenvalue weighted by Gasteiger charge is 2.09. The van der Waals surface area contributed by atoms with Crippen molar-refractivity contribution in [1.82, 2.24) is 0 Å². The summed E-state index contributed by atoms with van der Waals surface area (Å²) >= 11 is 0. The smallest absolute Gasteiger partial charge is 0.0115 e. The maximum Gasteiger partial charge on any atom is 0.0115 e. The zero-order valence-electron chi connectivity index (χ0n) is 9.15. The Morgan fingerprint density at radius 1 is 1.08 bits per heavy atom. The van der Waals surface area contributed by atoms with Crippen LogP contribution in [0, 0.1) is 23.2 Å². The lowest BCUT2D eigenvalue weighted by molar-refractivity contribution is 0.397. The van der Waals surface area contributed by atoms with Crippen LogP contribution in [-0.2, 0) is 0 Å². The Kier molecular flexibility index (Phi) is 5.19. The molecule has 1 atom stereocenters. The summed E-state index contributed by atoms with van der Waals surface area (Å²) in [5, 5.41) is 7.68. The molecule has 0 amide bonds. The van der Waals surface area contributed by atoms with Crippen LogP contribution in [0.15, 0.2) is 0 Å². The van der Waals surface area contributed by atoms with Crippen molar-refractivity contribution in [2.45, 2.75) is 47.5 Å². The lowest BCUT2D eigenvalue weighted by Crippen LogP contribution is -2.10. The predicted octanol–water partition coefficient (Wildman–Crippen LogP) is 3.73. The van der Waals surface area contributed by atoms with Crippen molar-refractivity contribution in [3.05, 3.63) is 0 Å². The molecule has 0 aromatic rings. The van der Waals surface area contributed by atoms with Gasteiger partial charge in [-0.15, -0.1) is 0 Å². The zero-order chi connectivity index (χ0) is 9.72. The fourth-order valence-corrected chi connectivity index (χ4v) is 1.01. The lowest BCUT2D eigenvalue weighted by Gasteiger charge is -2.16. The van der Waals surface area contributed by atoms with Crippen LogP contribution < -0.4 is 0 Å². The Morgan fingerprint density at radius 2 is 1.58 bits per heavy atom. The largest absolute Gasteiger partial charge is 0.309 e. The molecule has 0 spiro atoms. The fourth-order valence-electron chi connectivity index (χ4n) is 1.01. The average molecular weight is 169 g/mol. The SMILES string of the molecule is CC(C)C(=N)CC[C@@H](C)C(C)C. The van der Waals surface area contributed by atoms with Crippen molar-refractivity contribution in [2.24, 2.45) is 17.8 Å². The topological polar surface area (TPSA) is 23.9 Å².